The molecular formula is C22H32N4O5S. The van der Waals surface area contributed by atoms with Crippen LogP contribution >= 0.6 is 11.3 Å². The molecule has 176 valence electrons. The van der Waals surface area contributed by atoms with Gasteiger partial charge in [-0.15, -0.1) is 11.3 Å². The van der Waals surface area contributed by atoms with Crippen molar-refractivity contribution in [2.24, 2.45) is 0 Å². The summed E-state index contributed by atoms with van der Waals surface area (Å²) in [6.45, 7) is 2.56. The maximum atomic E-state index is 12.1. The van der Waals surface area contributed by atoms with Crippen LogP contribution in [0.1, 0.15) is 22.5 Å². The van der Waals surface area contributed by atoms with Crippen LogP contribution in [-0.4, -0.2) is 96.6 Å². The number of β-amino-alcohol motifs (C(OH)–C–C–N with tert-alkyl or cyclic N) is 2. The Bertz CT molecular complexity index is 879. The van der Waals surface area contributed by atoms with Crippen molar-refractivity contribution in [3.05, 3.63) is 40.3 Å². The highest BCUT2D eigenvalue weighted by Gasteiger charge is 2.44. The van der Waals surface area contributed by atoms with E-state index < -0.39 is 11.7 Å². The molecule has 1 aromatic heterocycles. The van der Waals surface area contributed by atoms with Gasteiger partial charge in [0.2, 0.25) is 0 Å². The van der Waals surface area contributed by atoms with Crippen molar-refractivity contribution in [1.82, 2.24) is 20.1 Å². The molecule has 0 spiro atoms. The third-order valence-electron chi connectivity index (χ3n) is 5.41. The number of rotatable bonds is 11. The second kappa shape index (κ2) is 11.1. The average Bonchev–Trinajstić information content (AvgIpc) is 3.39. The number of carbonyl (C=O) groups excluding carboxylic acids is 1. The largest absolute Gasteiger partial charge is 0.493 e. The molecule has 10 heteroatoms. The van der Waals surface area contributed by atoms with Gasteiger partial charge in [0.15, 0.2) is 11.5 Å². The van der Waals surface area contributed by atoms with E-state index in [0.717, 1.165) is 18.5 Å². The van der Waals surface area contributed by atoms with Crippen molar-refractivity contribution < 1.29 is 24.5 Å². The first-order valence-corrected chi connectivity index (χ1v) is 11.5. The van der Waals surface area contributed by atoms with Gasteiger partial charge in [-0.25, -0.2) is 4.98 Å². The van der Waals surface area contributed by atoms with Gasteiger partial charge in [0.25, 0.3) is 5.91 Å². The summed E-state index contributed by atoms with van der Waals surface area (Å²) in [4.78, 5) is 20.1. The van der Waals surface area contributed by atoms with Crippen LogP contribution in [-0.2, 0) is 6.54 Å². The van der Waals surface area contributed by atoms with Gasteiger partial charge in [-0.3, -0.25) is 9.69 Å². The van der Waals surface area contributed by atoms with E-state index in [0.29, 0.717) is 36.9 Å². The van der Waals surface area contributed by atoms with Gasteiger partial charge in [-0.2, -0.15) is 0 Å². The number of aliphatic hydroxyl groups is 2. The molecule has 1 saturated heterocycles. The van der Waals surface area contributed by atoms with Crippen LogP contribution in [0.3, 0.4) is 0 Å². The van der Waals surface area contributed by atoms with Crippen LogP contribution in [0.25, 0.3) is 0 Å². The predicted octanol–water partition coefficient (Wildman–Crippen LogP) is 0.820. The zero-order chi connectivity index (χ0) is 23.1. The van der Waals surface area contributed by atoms with Crippen LogP contribution in [0.15, 0.2) is 29.1 Å². The van der Waals surface area contributed by atoms with Crippen molar-refractivity contribution in [2.75, 3.05) is 54.0 Å². The minimum Gasteiger partial charge on any atom is -0.493 e. The first kappa shape index (κ1) is 24.4. The average molecular weight is 465 g/mol. The molecule has 32 heavy (non-hydrogen) atoms. The molecule has 0 radical (unpaired) electrons. The Morgan fingerprint density at radius 3 is 2.91 bits per heavy atom. The summed E-state index contributed by atoms with van der Waals surface area (Å²) in [6, 6.07) is 5.75. The number of aliphatic hydroxyl groups excluding tert-OH is 1. The Labute approximate surface area is 192 Å². The molecule has 2 aromatic rings. The van der Waals surface area contributed by atoms with E-state index in [1.54, 1.807) is 18.0 Å². The fourth-order valence-electron chi connectivity index (χ4n) is 3.67. The number of hydrogen-bond acceptors (Lipinski definition) is 9. The molecule has 0 aliphatic carbocycles. The third-order valence-corrected chi connectivity index (χ3v) is 6.00. The number of nitrogens with zero attached hydrogens (tertiary/aromatic N) is 3. The second-order valence-corrected chi connectivity index (χ2v) is 9.05. The number of thiazole rings is 1. The smallest absolute Gasteiger partial charge is 0.270 e. The highest BCUT2D eigenvalue weighted by atomic mass is 32.1. The lowest BCUT2D eigenvalue weighted by molar-refractivity contribution is -0.0377. The summed E-state index contributed by atoms with van der Waals surface area (Å²) >= 11 is 1.32. The predicted molar refractivity (Wildman–Crippen MR) is 122 cm³/mol. The number of aromatic nitrogens is 1. The van der Waals surface area contributed by atoms with E-state index in [-0.39, 0.29) is 19.0 Å². The van der Waals surface area contributed by atoms with Crippen LogP contribution < -0.4 is 14.8 Å². The maximum Gasteiger partial charge on any atom is 0.270 e. The lowest BCUT2D eigenvalue weighted by Gasteiger charge is -2.26. The number of carbonyl (C=O) groups is 1. The summed E-state index contributed by atoms with van der Waals surface area (Å²) in [5, 5.41) is 25.6. The minimum atomic E-state index is -1.43. The Balaban J connectivity index is 1.54. The lowest BCUT2D eigenvalue weighted by atomic mass is 10.0. The van der Waals surface area contributed by atoms with Gasteiger partial charge in [0, 0.05) is 31.6 Å². The number of ether oxygens (including phenoxy) is 2. The molecule has 0 unspecified atom stereocenters. The molecule has 1 amide bonds. The molecule has 1 aliphatic rings. The summed E-state index contributed by atoms with van der Waals surface area (Å²) in [7, 11) is 5.66. The van der Waals surface area contributed by atoms with Crippen molar-refractivity contribution in [1.29, 1.82) is 0 Å². The second-order valence-electron chi connectivity index (χ2n) is 8.34. The highest BCUT2D eigenvalue weighted by molar-refractivity contribution is 7.07. The van der Waals surface area contributed by atoms with Gasteiger partial charge >= 0.3 is 0 Å². The molecule has 0 saturated carbocycles. The quantitative estimate of drug-likeness (QED) is 0.420. The molecule has 1 fully saturated rings. The third kappa shape index (κ3) is 6.39. The van der Waals surface area contributed by atoms with Gasteiger partial charge in [-0.1, -0.05) is 6.07 Å². The molecule has 1 aromatic carbocycles. The van der Waals surface area contributed by atoms with Gasteiger partial charge in [-0.05, 0) is 38.2 Å². The Hall–Kier alpha value is -2.24. The van der Waals surface area contributed by atoms with Crippen molar-refractivity contribution in [3.8, 4) is 11.5 Å². The van der Waals surface area contributed by atoms with Gasteiger partial charge in [0.05, 0.1) is 31.9 Å². The molecule has 0 bridgehead atoms. The Morgan fingerprint density at radius 1 is 1.41 bits per heavy atom. The fourth-order valence-corrected chi connectivity index (χ4v) is 4.20. The van der Waals surface area contributed by atoms with Crippen molar-refractivity contribution in [3.63, 3.8) is 0 Å². The normalized spacial score (nSPS) is 21.1. The van der Waals surface area contributed by atoms with E-state index in [4.69, 9.17) is 9.47 Å². The summed E-state index contributed by atoms with van der Waals surface area (Å²) < 4.78 is 11.3. The first-order valence-electron chi connectivity index (χ1n) is 10.5. The topological polar surface area (TPSA) is 107 Å². The minimum absolute atomic E-state index is 0.0515. The number of nitrogens with one attached hydrogen (secondary N) is 1. The molecule has 2 heterocycles. The molecule has 3 N–H and O–H groups in total. The van der Waals surface area contributed by atoms with E-state index in [2.05, 4.69) is 15.2 Å². The molecule has 2 atom stereocenters. The maximum absolute atomic E-state index is 12.1. The number of amides is 1. The fraction of sp³-hybridized carbons (Fsp3) is 0.545. The zero-order valence-corrected chi connectivity index (χ0v) is 19.6. The number of likely N-dealkylation sites (tertiary alicyclic amines) is 1. The van der Waals surface area contributed by atoms with E-state index in [9.17, 15) is 15.0 Å². The van der Waals surface area contributed by atoms with E-state index >= 15 is 0 Å². The summed E-state index contributed by atoms with van der Waals surface area (Å²) in [6.07, 6.45) is -0.0549. The SMILES string of the molecule is COc1cc(CN2C[C@@H](O)[C@](O)(CNC(=O)c3cscn3)C2)ccc1OCCCN(C)C. The van der Waals surface area contributed by atoms with Gasteiger partial charge in [0.1, 0.15) is 11.3 Å². The summed E-state index contributed by atoms with van der Waals surface area (Å²) in [5.74, 6) is 0.979. The van der Waals surface area contributed by atoms with E-state index in [1.165, 1.54) is 11.3 Å². The molecule has 1 aliphatic heterocycles. The standard InChI is InChI=1S/C22H32N4O5S/c1-25(2)7-4-8-31-18-6-5-16(9-19(18)30-3)10-26-11-20(27)22(29,14-26)13-23-21(28)17-12-32-15-24-17/h5-6,9,12,15,20,27,29H,4,7-8,10-11,13-14H2,1-3H3,(H,23,28)/t20-,22+/m1/s1. The molecule has 3 rings (SSSR count). The van der Waals surface area contributed by atoms with Crippen LogP contribution in [0, 0.1) is 0 Å². The first-order chi connectivity index (χ1) is 15.3. The Kier molecular flexibility index (Phi) is 8.44. The number of methoxy groups -OCH3 is 1. The molecular weight excluding hydrogens is 432 g/mol. The Morgan fingerprint density at radius 2 is 2.22 bits per heavy atom. The van der Waals surface area contributed by atoms with Gasteiger partial charge < -0.3 is 29.9 Å². The van der Waals surface area contributed by atoms with Crippen molar-refractivity contribution >= 4 is 17.2 Å². The van der Waals surface area contributed by atoms with Crippen molar-refractivity contribution in [2.45, 2.75) is 24.7 Å². The summed E-state index contributed by atoms with van der Waals surface area (Å²) in [5.41, 5.74) is 1.43. The number of hydrogen-bond donors (Lipinski definition) is 3. The zero-order valence-electron chi connectivity index (χ0n) is 18.8. The highest BCUT2D eigenvalue weighted by Crippen LogP contribution is 2.30. The van der Waals surface area contributed by atoms with Crippen LogP contribution in [0.5, 0.6) is 11.5 Å². The lowest BCUT2D eigenvalue weighted by Crippen LogP contribution is -2.51. The monoisotopic (exact) mass is 464 g/mol. The van der Waals surface area contributed by atoms with Crippen LogP contribution in [0.4, 0.5) is 0 Å². The van der Waals surface area contributed by atoms with Crippen LogP contribution in [0.2, 0.25) is 0 Å². The van der Waals surface area contributed by atoms with E-state index in [1.807, 2.05) is 37.2 Å². The molecule has 9 nitrogen and oxygen atoms in total. The number of benzene rings is 1.